The first-order valence-electron chi connectivity index (χ1n) is 17.1. The molecule has 0 aliphatic heterocycles. The molecule has 0 bridgehead atoms. The molecule has 2 rings (SSSR count). The molecule has 4 heteroatoms. The van der Waals surface area contributed by atoms with Crippen molar-refractivity contribution in [1.29, 1.82) is 0 Å². The van der Waals surface area contributed by atoms with E-state index < -0.39 is 0 Å². The third kappa shape index (κ3) is 14.1. The van der Waals surface area contributed by atoms with Crippen LogP contribution in [0.1, 0.15) is 136 Å². The van der Waals surface area contributed by atoms with Gasteiger partial charge in [-0.15, -0.1) is 0 Å². The van der Waals surface area contributed by atoms with E-state index in [1.165, 1.54) is 133 Å². The van der Waals surface area contributed by atoms with Crippen molar-refractivity contribution in [2.24, 2.45) is 0 Å². The molecule has 1 heterocycles. The minimum absolute atomic E-state index is 0.790. The normalized spacial score (nSPS) is 11.7. The zero-order valence-electron chi connectivity index (χ0n) is 26.8. The summed E-state index contributed by atoms with van der Waals surface area (Å²) in [7, 11) is 0. The third-order valence-corrected chi connectivity index (χ3v) is 8.39. The summed E-state index contributed by atoms with van der Waals surface area (Å²) in [6, 6.07) is 8.35. The average molecular weight is 553 g/mol. The number of aryl methyl sites for hydroxylation is 1. The minimum Gasteiger partial charge on any atom is -0.493 e. The molecule has 0 saturated carbocycles. The van der Waals surface area contributed by atoms with E-state index in [1.807, 2.05) is 12.4 Å². The zero-order chi connectivity index (χ0) is 28.7. The highest BCUT2D eigenvalue weighted by Gasteiger charge is 2.25. The Bertz CT molecular complexity index is 823. The number of ether oxygens (including phenoxy) is 1. The van der Waals surface area contributed by atoms with E-state index in [4.69, 9.17) is 4.74 Å². The predicted octanol–water partition coefficient (Wildman–Crippen LogP) is 10.2. The van der Waals surface area contributed by atoms with Crippen LogP contribution in [0.2, 0.25) is 0 Å². The van der Waals surface area contributed by atoms with Gasteiger partial charge in [0.15, 0.2) is 5.82 Å². The maximum atomic E-state index is 6.22. The van der Waals surface area contributed by atoms with Gasteiger partial charge in [-0.3, -0.25) is 0 Å². The lowest BCUT2D eigenvalue weighted by atomic mass is 10.1. The van der Waals surface area contributed by atoms with Crippen LogP contribution >= 0.6 is 0 Å². The summed E-state index contributed by atoms with van der Waals surface area (Å²) in [6.07, 6.45) is 26.2. The fourth-order valence-electron chi connectivity index (χ4n) is 5.80. The number of rotatable bonds is 25. The van der Waals surface area contributed by atoms with Crippen molar-refractivity contribution in [3.63, 3.8) is 0 Å². The molecule has 4 nitrogen and oxygen atoms in total. The number of quaternary nitrogens is 1. The Hall–Kier alpha value is -1.94. The molecule has 0 amide bonds. The third-order valence-electron chi connectivity index (χ3n) is 8.39. The maximum absolute atomic E-state index is 6.22. The van der Waals surface area contributed by atoms with E-state index in [0.29, 0.717) is 0 Å². The second kappa shape index (κ2) is 21.8. The topological polar surface area (TPSA) is 35.0 Å². The molecule has 1 aromatic heterocycles. The molecule has 0 saturated heterocycles. The minimum atomic E-state index is 0.790. The van der Waals surface area contributed by atoms with E-state index in [-0.39, 0.29) is 0 Å². The van der Waals surface area contributed by atoms with Gasteiger partial charge in [0.05, 0.1) is 32.8 Å². The number of nitrogens with zero attached hydrogens (tertiary/aromatic N) is 3. The fraction of sp³-hybridized carbons (Fsp3) is 0.722. The molecule has 0 fully saturated rings. The lowest BCUT2D eigenvalue weighted by Gasteiger charge is -2.39. The van der Waals surface area contributed by atoms with E-state index in [9.17, 15) is 0 Å². The Labute approximate surface area is 247 Å². The highest BCUT2D eigenvalue weighted by Crippen LogP contribution is 2.21. The van der Waals surface area contributed by atoms with Gasteiger partial charge in [-0.05, 0) is 81.2 Å². The Morgan fingerprint density at radius 2 is 1.02 bits per heavy atom. The van der Waals surface area contributed by atoms with Gasteiger partial charge < -0.3 is 9.22 Å². The van der Waals surface area contributed by atoms with E-state index in [2.05, 4.69) is 61.9 Å². The Morgan fingerprint density at radius 3 is 1.57 bits per heavy atom. The SMILES string of the molecule is CCCCCCCCc1cnc(-c2ccc(OCCC[N+](CCCCC)(CCCCC)CCCCC)cc2)nc1. The molecule has 2 aromatic rings. The quantitative estimate of drug-likeness (QED) is 0.0907. The van der Waals surface area contributed by atoms with Crippen LogP contribution < -0.4 is 4.74 Å². The first-order chi connectivity index (χ1) is 19.7. The summed E-state index contributed by atoms with van der Waals surface area (Å²) < 4.78 is 7.52. The van der Waals surface area contributed by atoms with Crippen molar-refractivity contribution in [1.82, 2.24) is 9.97 Å². The molecule has 0 aliphatic carbocycles. The van der Waals surface area contributed by atoms with Gasteiger partial charge in [-0.1, -0.05) is 79.1 Å². The van der Waals surface area contributed by atoms with Gasteiger partial charge >= 0.3 is 0 Å². The summed E-state index contributed by atoms with van der Waals surface area (Å²) in [5.41, 5.74) is 2.30. The molecule has 0 radical (unpaired) electrons. The highest BCUT2D eigenvalue weighted by molar-refractivity contribution is 5.55. The van der Waals surface area contributed by atoms with Gasteiger partial charge in [0.2, 0.25) is 0 Å². The van der Waals surface area contributed by atoms with Crippen LogP contribution in [0.25, 0.3) is 11.4 Å². The van der Waals surface area contributed by atoms with Crippen LogP contribution in [-0.2, 0) is 6.42 Å². The molecule has 226 valence electrons. The second-order valence-corrected chi connectivity index (χ2v) is 12.0. The maximum Gasteiger partial charge on any atom is 0.159 e. The van der Waals surface area contributed by atoms with Gasteiger partial charge in [0, 0.05) is 24.4 Å². The number of hydrogen-bond acceptors (Lipinski definition) is 3. The van der Waals surface area contributed by atoms with Crippen molar-refractivity contribution < 1.29 is 9.22 Å². The van der Waals surface area contributed by atoms with Crippen LogP contribution in [0.5, 0.6) is 5.75 Å². The number of aromatic nitrogens is 2. The van der Waals surface area contributed by atoms with Gasteiger partial charge in [-0.2, -0.15) is 0 Å². The van der Waals surface area contributed by atoms with Crippen LogP contribution in [0, 0.1) is 0 Å². The molecule has 0 N–H and O–H groups in total. The Kier molecular flexibility index (Phi) is 18.6. The monoisotopic (exact) mass is 552 g/mol. The predicted molar refractivity (Wildman–Crippen MR) is 173 cm³/mol. The van der Waals surface area contributed by atoms with Crippen molar-refractivity contribution in [2.75, 3.05) is 32.8 Å². The zero-order valence-corrected chi connectivity index (χ0v) is 26.8. The number of unbranched alkanes of at least 4 members (excludes halogenated alkanes) is 11. The van der Waals surface area contributed by atoms with Gasteiger partial charge in [0.25, 0.3) is 0 Å². The second-order valence-electron chi connectivity index (χ2n) is 12.0. The van der Waals surface area contributed by atoms with Crippen molar-refractivity contribution >= 4 is 0 Å². The molecule has 0 atom stereocenters. The summed E-state index contributed by atoms with van der Waals surface area (Å²) in [5, 5.41) is 0. The van der Waals surface area contributed by atoms with Crippen molar-refractivity contribution in [2.45, 2.75) is 137 Å². The van der Waals surface area contributed by atoms with Crippen LogP contribution in [0.15, 0.2) is 36.7 Å². The lowest BCUT2D eigenvalue weighted by molar-refractivity contribution is -0.929. The smallest absolute Gasteiger partial charge is 0.159 e. The molecular weight excluding hydrogens is 490 g/mol. The summed E-state index contributed by atoms with van der Waals surface area (Å²) >= 11 is 0. The molecule has 0 spiro atoms. The van der Waals surface area contributed by atoms with Crippen molar-refractivity contribution in [3.8, 4) is 17.1 Å². The fourth-order valence-corrected chi connectivity index (χ4v) is 5.80. The Balaban J connectivity index is 1.84. The first kappa shape index (κ1) is 34.3. The highest BCUT2D eigenvalue weighted by atomic mass is 16.5. The van der Waals surface area contributed by atoms with Crippen LogP contribution in [-0.4, -0.2) is 47.2 Å². The standard InChI is InChI=1S/C36H62N3O/c1-5-9-13-14-15-16-21-33-31-37-36(38-32-33)34-22-24-35(25-23-34)40-30-20-29-39(26-17-10-6-2,27-18-11-7-3)28-19-12-8-4/h22-25,31-32H,5-21,26-30H2,1-4H3/q+1. The first-order valence-corrected chi connectivity index (χ1v) is 17.1. The largest absolute Gasteiger partial charge is 0.493 e. The van der Waals surface area contributed by atoms with E-state index in [0.717, 1.165) is 36.6 Å². The van der Waals surface area contributed by atoms with Gasteiger partial charge in [0.1, 0.15) is 5.75 Å². The molecule has 0 unspecified atom stereocenters. The molecular formula is C36H62N3O+. The lowest BCUT2D eigenvalue weighted by Crippen LogP contribution is -2.51. The number of benzene rings is 1. The van der Waals surface area contributed by atoms with Crippen LogP contribution in [0.4, 0.5) is 0 Å². The molecule has 40 heavy (non-hydrogen) atoms. The van der Waals surface area contributed by atoms with Crippen LogP contribution in [0.3, 0.4) is 0 Å². The molecule has 0 aliphatic rings. The summed E-state index contributed by atoms with van der Waals surface area (Å²) in [4.78, 5) is 9.29. The molecule has 1 aromatic carbocycles. The van der Waals surface area contributed by atoms with E-state index in [1.54, 1.807) is 0 Å². The summed E-state index contributed by atoms with van der Waals surface area (Å²) in [5.74, 6) is 1.75. The van der Waals surface area contributed by atoms with Crippen molar-refractivity contribution in [3.05, 3.63) is 42.2 Å². The Morgan fingerprint density at radius 1 is 0.550 bits per heavy atom. The number of hydrogen-bond donors (Lipinski definition) is 0. The van der Waals surface area contributed by atoms with E-state index >= 15 is 0 Å². The van der Waals surface area contributed by atoms with Gasteiger partial charge in [-0.25, -0.2) is 9.97 Å². The summed E-state index contributed by atoms with van der Waals surface area (Å²) in [6.45, 7) is 15.3. The average Bonchev–Trinajstić information content (AvgIpc) is 2.98.